The fraction of sp³-hybridized carbons (Fsp3) is 0.320. The Balaban J connectivity index is 1.84. The minimum absolute atomic E-state index is 0.905. The molecule has 27 heavy (non-hydrogen) atoms. The number of hydrogen-bond acceptors (Lipinski definition) is 2. The highest BCUT2D eigenvalue weighted by atomic mass is 32.1. The third-order valence-electron chi connectivity index (χ3n) is 5.14. The summed E-state index contributed by atoms with van der Waals surface area (Å²) >= 11 is 1.76. The van der Waals surface area contributed by atoms with Crippen molar-refractivity contribution in [3.05, 3.63) is 80.7 Å². The summed E-state index contributed by atoms with van der Waals surface area (Å²) < 4.78 is 0. The Morgan fingerprint density at radius 1 is 1.04 bits per heavy atom. The normalized spacial score (nSPS) is 11.8. The number of benzene rings is 2. The van der Waals surface area contributed by atoms with Gasteiger partial charge in [0.1, 0.15) is 0 Å². The number of nitrogens with zero attached hydrogens (tertiary/aromatic N) is 1. The fourth-order valence-electron chi connectivity index (χ4n) is 3.53. The molecule has 2 aromatic carbocycles. The first kappa shape index (κ1) is 19.6. The maximum atomic E-state index is 4.89. The van der Waals surface area contributed by atoms with Gasteiger partial charge >= 0.3 is 0 Å². The minimum atomic E-state index is 0.905. The van der Waals surface area contributed by atoms with Crippen molar-refractivity contribution in [2.24, 2.45) is 0 Å². The van der Waals surface area contributed by atoms with Crippen LogP contribution in [-0.2, 0) is 6.42 Å². The van der Waals surface area contributed by atoms with E-state index in [1.807, 2.05) is 0 Å². The molecule has 140 valence electrons. The third kappa shape index (κ3) is 4.56. The van der Waals surface area contributed by atoms with Crippen LogP contribution in [0.5, 0.6) is 0 Å². The molecule has 0 saturated carbocycles. The number of hydrogen-bond donors (Lipinski definition) is 0. The van der Waals surface area contributed by atoms with E-state index < -0.39 is 0 Å². The number of allylic oxidation sites excluding steroid dienone is 2. The lowest BCUT2D eigenvalue weighted by Gasteiger charge is -2.14. The molecule has 0 aliphatic heterocycles. The van der Waals surface area contributed by atoms with Crippen molar-refractivity contribution in [2.75, 3.05) is 0 Å². The quantitative estimate of drug-likeness (QED) is 0.434. The zero-order valence-electron chi connectivity index (χ0n) is 17.1. The summed E-state index contributed by atoms with van der Waals surface area (Å²) in [6.07, 6.45) is 5.49. The molecule has 0 amide bonds. The monoisotopic (exact) mass is 375 g/mol. The molecule has 1 heterocycles. The third-order valence-corrected chi connectivity index (χ3v) is 5.99. The topological polar surface area (TPSA) is 12.9 Å². The SMILES string of the molecule is C/C=C(\CCC)c1cc(C)c(Cc2nc(-c3ccc(C)cc3)cs2)cc1C. The van der Waals surface area contributed by atoms with Crippen LogP contribution >= 0.6 is 11.3 Å². The van der Waals surface area contributed by atoms with Gasteiger partial charge in [-0.25, -0.2) is 4.98 Å². The van der Waals surface area contributed by atoms with E-state index in [0.717, 1.165) is 18.5 Å². The van der Waals surface area contributed by atoms with Gasteiger partial charge in [-0.3, -0.25) is 0 Å². The Labute approximate surface area is 167 Å². The van der Waals surface area contributed by atoms with E-state index in [-0.39, 0.29) is 0 Å². The highest BCUT2D eigenvalue weighted by Crippen LogP contribution is 2.29. The van der Waals surface area contributed by atoms with Crippen molar-refractivity contribution in [3.8, 4) is 11.3 Å². The molecule has 0 atom stereocenters. The minimum Gasteiger partial charge on any atom is -0.241 e. The smallest absolute Gasteiger partial charge is 0.0976 e. The van der Waals surface area contributed by atoms with Crippen LogP contribution in [0, 0.1) is 20.8 Å². The summed E-state index contributed by atoms with van der Waals surface area (Å²) in [6, 6.07) is 13.3. The summed E-state index contributed by atoms with van der Waals surface area (Å²) in [5.74, 6) is 0. The van der Waals surface area contributed by atoms with Gasteiger partial charge in [-0.1, -0.05) is 61.4 Å². The van der Waals surface area contributed by atoms with Gasteiger partial charge in [0, 0.05) is 17.4 Å². The largest absolute Gasteiger partial charge is 0.241 e. The highest BCUT2D eigenvalue weighted by molar-refractivity contribution is 7.10. The molecule has 1 nitrogen and oxygen atoms in total. The summed E-state index contributed by atoms with van der Waals surface area (Å²) in [5.41, 5.74) is 10.5. The molecule has 0 radical (unpaired) electrons. The first-order valence-corrected chi connectivity index (χ1v) is 10.7. The van der Waals surface area contributed by atoms with Crippen LogP contribution in [0.25, 0.3) is 16.8 Å². The Hall–Kier alpha value is -2.19. The van der Waals surface area contributed by atoms with Crippen LogP contribution in [0.3, 0.4) is 0 Å². The maximum absolute atomic E-state index is 4.89. The second-order valence-corrected chi connectivity index (χ2v) is 8.27. The van der Waals surface area contributed by atoms with E-state index in [1.54, 1.807) is 11.3 Å². The predicted octanol–water partition coefficient (Wildman–Crippen LogP) is 7.53. The molecule has 0 aliphatic carbocycles. The van der Waals surface area contributed by atoms with Crippen LogP contribution in [0.1, 0.15) is 59.5 Å². The van der Waals surface area contributed by atoms with Crippen molar-refractivity contribution >= 4 is 16.9 Å². The number of aromatic nitrogens is 1. The van der Waals surface area contributed by atoms with Crippen molar-refractivity contribution in [1.29, 1.82) is 0 Å². The first-order chi connectivity index (χ1) is 13.0. The molecule has 0 saturated heterocycles. The van der Waals surface area contributed by atoms with Crippen molar-refractivity contribution in [1.82, 2.24) is 4.98 Å². The van der Waals surface area contributed by atoms with Gasteiger partial charge in [-0.15, -0.1) is 11.3 Å². The van der Waals surface area contributed by atoms with Gasteiger partial charge in [0.25, 0.3) is 0 Å². The lowest BCUT2D eigenvalue weighted by atomic mass is 9.92. The molecule has 0 unspecified atom stereocenters. The number of aryl methyl sites for hydroxylation is 3. The van der Waals surface area contributed by atoms with E-state index in [0.29, 0.717) is 0 Å². The van der Waals surface area contributed by atoms with Crippen LogP contribution in [0.4, 0.5) is 0 Å². The Kier molecular flexibility index (Phi) is 6.28. The summed E-state index contributed by atoms with van der Waals surface area (Å²) in [4.78, 5) is 4.89. The molecule has 3 rings (SSSR count). The second-order valence-electron chi connectivity index (χ2n) is 7.33. The molecule has 0 aliphatic rings. The zero-order chi connectivity index (χ0) is 19.4. The predicted molar refractivity (Wildman–Crippen MR) is 120 cm³/mol. The van der Waals surface area contributed by atoms with Crippen molar-refractivity contribution in [2.45, 2.75) is 53.9 Å². The molecule has 3 aromatic rings. The van der Waals surface area contributed by atoms with Gasteiger partial charge in [-0.05, 0) is 61.9 Å². The molecule has 0 fully saturated rings. The van der Waals surface area contributed by atoms with Gasteiger partial charge < -0.3 is 0 Å². The standard InChI is InChI=1S/C25H29NS/c1-6-8-20(7-2)23-14-18(4)22(13-19(23)5)15-25-26-24(16-27-25)21-11-9-17(3)10-12-21/h7,9-14,16H,6,8,15H2,1-5H3/b20-7+. The van der Waals surface area contributed by atoms with Crippen LogP contribution in [0.2, 0.25) is 0 Å². The maximum Gasteiger partial charge on any atom is 0.0976 e. The molecule has 0 bridgehead atoms. The summed E-state index contributed by atoms with van der Waals surface area (Å²) in [7, 11) is 0. The molecule has 0 spiro atoms. The summed E-state index contributed by atoms with van der Waals surface area (Å²) in [5, 5.41) is 3.36. The summed E-state index contributed by atoms with van der Waals surface area (Å²) in [6.45, 7) is 11.0. The number of rotatable bonds is 6. The lowest BCUT2D eigenvalue weighted by Crippen LogP contribution is -1.97. The first-order valence-electron chi connectivity index (χ1n) is 9.79. The van der Waals surface area contributed by atoms with Crippen molar-refractivity contribution in [3.63, 3.8) is 0 Å². The van der Waals surface area contributed by atoms with Gasteiger partial charge in [0.15, 0.2) is 0 Å². The van der Waals surface area contributed by atoms with E-state index in [1.165, 1.54) is 50.4 Å². The zero-order valence-corrected chi connectivity index (χ0v) is 17.9. The van der Waals surface area contributed by atoms with E-state index in [2.05, 4.69) is 82.5 Å². The Morgan fingerprint density at radius 2 is 1.78 bits per heavy atom. The van der Waals surface area contributed by atoms with E-state index >= 15 is 0 Å². The second kappa shape index (κ2) is 8.67. The van der Waals surface area contributed by atoms with E-state index in [4.69, 9.17) is 4.98 Å². The number of thiazole rings is 1. The molecular weight excluding hydrogens is 346 g/mol. The molecule has 0 N–H and O–H groups in total. The molecule has 2 heteroatoms. The highest BCUT2D eigenvalue weighted by Gasteiger charge is 2.11. The fourth-order valence-corrected chi connectivity index (χ4v) is 4.35. The Bertz CT molecular complexity index is 945. The van der Waals surface area contributed by atoms with Crippen LogP contribution in [0.15, 0.2) is 47.9 Å². The van der Waals surface area contributed by atoms with E-state index in [9.17, 15) is 0 Å². The van der Waals surface area contributed by atoms with Crippen LogP contribution < -0.4 is 0 Å². The average molecular weight is 376 g/mol. The van der Waals surface area contributed by atoms with Gasteiger partial charge in [0.05, 0.1) is 10.7 Å². The van der Waals surface area contributed by atoms with Crippen molar-refractivity contribution < 1.29 is 0 Å². The molecular formula is C25H29NS. The molecule has 1 aromatic heterocycles. The Morgan fingerprint density at radius 3 is 2.44 bits per heavy atom. The van der Waals surface area contributed by atoms with Gasteiger partial charge in [0.2, 0.25) is 0 Å². The van der Waals surface area contributed by atoms with Gasteiger partial charge in [-0.2, -0.15) is 0 Å². The lowest BCUT2D eigenvalue weighted by molar-refractivity contribution is 0.969. The van der Waals surface area contributed by atoms with Crippen LogP contribution in [-0.4, -0.2) is 4.98 Å². The average Bonchev–Trinajstić information content (AvgIpc) is 3.12.